The second kappa shape index (κ2) is 6.31. The fourth-order valence-corrected chi connectivity index (χ4v) is 4.82. The number of nitrogens with zero attached hydrogens (tertiary/aromatic N) is 2. The van der Waals surface area contributed by atoms with Crippen molar-refractivity contribution in [2.75, 3.05) is 37.6 Å². The van der Waals surface area contributed by atoms with Crippen LogP contribution in [0.3, 0.4) is 0 Å². The predicted molar refractivity (Wildman–Crippen MR) is 102 cm³/mol. The fraction of sp³-hybridized carbons (Fsp3) is 0.667. The van der Waals surface area contributed by atoms with Crippen molar-refractivity contribution in [1.82, 2.24) is 10.2 Å². The van der Waals surface area contributed by atoms with Crippen molar-refractivity contribution >= 4 is 11.6 Å². The Balaban J connectivity index is 1.40. The van der Waals surface area contributed by atoms with Gasteiger partial charge < -0.3 is 15.1 Å². The Hall–Kier alpha value is -1.55. The zero-order chi connectivity index (χ0) is 17.6. The van der Waals surface area contributed by atoms with E-state index in [1.54, 1.807) is 0 Å². The summed E-state index contributed by atoms with van der Waals surface area (Å²) in [6.45, 7) is 11.5. The molecule has 2 unspecified atom stereocenters. The van der Waals surface area contributed by atoms with E-state index in [1.165, 1.54) is 29.7 Å². The smallest absolute Gasteiger partial charge is 0.226 e. The second-order valence-electron chi connectivity index (χ2n) is 8.46. The molecular formula is C21H31N3O. The molecule has 0 radical (unpaired) electrons. The summed E-state index contributed by atoms with van der Waals surface area (Å²) in [4.78, 5) is 17.7. The molecule has 0 aromatic heterocycles. The van der Waals surface area contributed by atoms with Gasteiger partial charge in [-0.1, -0.05) is 6.07 Å². The molecule has 3 aliphatic rings. The minimum absolute atomic E-state index is 0.294. The Kier molecular flexibility index (Phi) is 4.27. The third-order valence-electron chi connectivity index (χ3n) is 6.85. The van der Waals surface area contributed by atoms with Crippen LogP contribution in [0.2, 0.25) is 0 Å². The van der Waals surface area contributed by atoms with E-state index < -0.39 is 0 Å². The van der Waals surface area contributed by atoms with Gasteiger partial charge in [0.25, 0.3) is 0 Å². The normalized spacial score (nSPS) is 28.3. The Morgan fingerprint density at radius 3 is 2.60 bits per heavy atom. The third kappa shape index (κ3) is 3.05. The number of aryl methyl sites for hydroxylation is 2. The molecule has 4 rings (SSSR count). The molecular weight excluding hydrogens is 310 g/mol. The number of benzene rings is 1. The Morgan fingerprint density at radius 2 is 1.92 bits per heavy atom. The first-order valence-corrected chi connectivity index (χ1v) is 9.84. The van der Waals surface area contributed by atoms with Crippen LogP contribution < -0.4 is 10.2 Å². The lowest BCUT2D eigenvalue weighted by atomic mass is 9.91. The first kappa shape index (κ1) is 16.9. The quantitative estimate of drug-likeness (QED) is 0.898. The summed E-state index contributed by atoms with van der Waals surface area (Å²) >= 11 is 0. The van der Waals surface area contributed by atoms with Crippen LogP contribution in [0.15, 0.2) is 18.2 Å². The molecule has 3 fully saturated rings. The summed E-state index contributed by atoms with van der Waals surface area (Å²) in [6.07, 6.45) is 3.48. The lowest BCUT2D eigenvalue weighted by Crippen LogP contribution is -2.55. The molecule has 1 aromatic carbocycles. The standard InChI is InChI=1S/C21H31N3O/c1-15-4-5-18(12-16(15)2)23-10-11-24(17(3)14-23)20(25)19-13-21(19)6-8-22-9-7-21/h4-5,12,17,19,22H,6-11,13-14H2,1-3H3. The number of piperazine rings is 1. The van der Waals surface area contributed by atoms with Crippen molar-refractivity contribution in [2.45, 2.75) is 46.1 Å². The van der Waals surface area contributed by atoms with Crippen LogP contribution in [-0.4, -0.2) is 49.6 Å². The van der Waals surface area contributed by atoms with E-state index in [0.717, 1.165) is 39.1 Å². The molecule has 2 aliphatic heterocycles. The molecule has 2 atom stereocenters. The van der Waals surface area contributed by atoms with Crippen LogP contribution in [-0.2, 0) is 4.79 Å². The van der Waals surface area contributed by atoms with E-state index in [0.29, 0.717) is 23.3 Å². The highest BCUT2D eigenvalue weighted by molar-refractivity contribution is 5.83. The largest absolute Gasteiger partial charge is 0.368 e. The van der Waals surface area contributed by atoms with Gasteiger partial charge in [0.05, 0.1) is 0 Å². The van der Waals surface area contributed by atoms with Crippen molar-refractivity contribution < 1.29 is 4.79 Å². The van der Waals surface area contributed by atoms with E-state index >= 15 is 0 Å². The van der Waals surface area contributed by atoms with Gasteiger partial charge in [-0.05, 0) is 81.8 Å². The number of hydrogen-bond donors (Lipinski definition) is 1. The van der Waals surface area contributed by atoms with Crippen molar-refractivity contribution in [3.63, 3.8) is 0 Å². The number of hydrogen-bond acceptors (Lipinski definition) is 3. The lowest BCUT2D eigenvalue weighted by Gasteiger charge is -2.41. The molecule has 0 bridgehead atoms. The second-order valence-corrected chi connectivity index (χ2v) is 8.46. The van der Waals surface area contributed by atoms with Gasteiger partial charge >= 0.3 is 0 Å². The van der Waals surface area contributed by atoms with Gasteiger partial charge in [0.15, 0.2) is 0 Å². The Bertz CT molecular complexity index is 665. The topological polar surface area (TPSA) is 35.6 Å². The van der Waals surface area contributed by atoms with Gasteiger partial charge in [-0.2, -0.15) is 0 Å². The molecule has 1 aromatic rings. The number of anilines is 1. The summed E-state index contributed by atoms with van der Waals surface area (Å²) in [5.41, 5.74) is 4.32. The van der Waals surface area contributed by atoms with Crippen molar-refractivity contribution in [3.05, 3.63) is 29.3 Å². The average Bonchev–Trinajstić information content (AvgIpc) is 3.30. The Labute approximate surface area is 151 Å². The highest BCUT2D eigenvalue weighted by atomic mass is 16.2. The first-order valence-electron chi connectivity index (χ1n) is 9.84. The van der Waals surface area contributed by atoms with Gasteiger partial charge in [-0.3, -0.25) is 4.79 Å². The third-order valence-corrected chi connectivity index (χ3v) is 6.85. The molecule has 4 heteroatoms. The van der Waals surface area contributed by atoms with E-state index in [2.05, 4.69) is 54.1 Å². The van der Waals surface area contributed by atoms with Crippen LogP contribution in [0.5, 0.6) is 0 Å². The average molecular weight is 341 g/mol. The Morgan fingerprint density at radius 1 is 1.16 bits per heavy atom. The van der Waals surface area contributed by atoms with E-state index in [4.69, 9.17) is 0 Å². The van der Waals surface area contributed by atoms with Crippen molar-refractivity contribution in [1.29, 1.82) is 0 Å². The van der Waals surface area contributed by atoms with Crippen LogP contribution in [0.1, 0.15) is 37.3 Å². The highest BCUT2D eigenvalue weighted by Gasteiger charge is 2.59. The van der Waals surface area contributed by atoms with E-state index in [9.17, 15) is 4.79 Å². The van der Waals surface area contributed by atoms with E-state index in [1.807, 2.05) is 0 Å². The maximum absolute atomic E-state index is 13.1. The molecule has 1 saturated carbocycles. The number of carbonyl (C=O) groups excluding carboxylic acids is 1. The summed E-state index contributed by atoms with van der Waals surface area (Å²) in [5, 5.41) is 3.43. The molecule has 1 spiro atoms. The summed E-state index contributed by atoms with van der Waals surface area (Å²) in [7, 11) is 0. The molecule has 2 saturated heterocycles. The van der Waals surface area contributed by atoms with Crippen molar-refractivity contribution in [2.24, 2.45) is 11.3 Å². The fourth-order valence-electron chi connectivity index (χ4n) is 4.82. The van der Waals surface area contributed by atoms with Crippen LogP contribution in [0, 0.1) is 25.2 Å². The molecule has 4 nitrogen and oxygen atoms in total. The zero-order valence-corrected chi connectivity index (χ0v) is 15.8. The molecule has 1 N–H and O–H groups in total. The zero-order valence-electron chi connectivity index (χ0n) is 15.8. The number of nitrogens with one attached hydrogen (secondary N) is 1. The lowest BCUT2D eigenvalue weighted by molar-refractivity contribution is -0.136. The van der Waals surface area contributed by atoms with Gasteiger partial charge in [0, 0.05) is 37.3 Å². The van der Waals surface area contributed by atoms with Gasteiger partial charge in [0.1, 0.15) is 0 Å². The van der Waals surface area contributed by atoms with Crippen LogP contribution in [0.4, 0.5) is 5.69 Å². The van der Waals surface area contributed by atoms with Gasteiger partial charge in [0.2, 0.25) is 5.91 Å². The monoisotopic (exact) mass is 341 g/mol. The van der Waals surface area contributed by atoms with Crippen molar-refractivity contribution in [3.8, 4) is 0 Å². The highest BCUT2D eigenvalue weighted by Crippen LogP contribution is 2.59. The maximum atomic E-state index is 13.1. The minimum atomic E-state index is 0.294. The molecule has 1 aliphatic carbocycles. The number of piperidine rings is 1. The van der Waals surface area contributed by atoms with Gasteiger partial charge in [-0.15, -0.1) is 0 Å². The number of rotatable bonds is 2. The first-order chi connectivity index (χ1) is 12.0. The molecule has 136 valence electrons. The summed E-state index contributed by atoms with van der Waals surface area (Å²) in [6, 6.07) is 7.00. The summed E-state index contributed by atoms with van der Waals surface area (Å²) < 4.78 is 0. The molecule has 2 heterocycles. The maximum Gasteiger partial charge on any atom is 0.226 e. The minimum Gasteiger partial charge on any atom is -0.368 e. The van der Waals surface area contributed by atoms with Crippen LogP contribution in [0.25, 0.3) is 0 Å². The molecule has 1 amide bonds. The van der Waals surface area contributed by atoms with E-state index in [-0.39, 0.29) is 0 Å². The van der Waals surface area contributed by atoms with Gasteiger partial charge in [-0.25, -0.2) is 0 Å². The SMILES string of the molecule is Cc1ccc(N2CCN(C(=O)C3CC34CCNCC4)C(C)C2)cc1C. The molecule has 25 heavy (non-hydrogen) atoms. The number of carbonyl (C=O) groups is 1. The summed E-state index contributed by atoms with van der Waals surface area (Å²) in [5.74, 6) is 0.722. The predicted octanol–water partition coefficient (Wildman–Crippen LogP) is 2.73. The van der Waals surface area contributed by atoms with Crippen LogP contribution >= 0.6 is 0 Å². The number of amides is 1.